The van der Waals surface area contributed by atoms with E-state index < -0.39 is 37.3 Å². The SMILES string of the molecule is O=C(CCO)[C@H](O)[C@@H](O)[C@H](O)CO. The van der Waals surface area contributed by atoms with Crippen molar-refractivity contribution in [1.82, 2.24) is 0 Å². The molecule has 78 valence electrons. The zero-order chi connectivity index (χ0) is 10.4. The second-order valence-electron chi connectivity index (χ2n) is 2.63. The van der Waals surface area contributed by atoms with Crippen molar-refractivity contribution >= 4 is 5.78 Å². The summed E-state index contributed by atoms with van der Waals surface area (Å²) in [5.41, 5.74) is 0. The standard InChI is InChI=1S/C7H14O6/c8-2-1-4(10)6(12)7(13)5(11)3-9/h5-9,11-13H,1-3H2/t5-,6+,7+/m1/s1. The number of hydrogen-bond donors (Lipinski definition) is 5. The van der Waals surface area contributed by atoms with Crippen LogP contribution < -0.4 is 0 Å². The number of aliphatic hydroxyl groups is 5. The van der Waals surface area contributed by atoms with Crippen LogP contribution in [-0.4, -0.2) is 62.8 Å². The fraction of sp³-hybridized carbons (Fsp3) is 0.857. The van der Waals surface area contributed by atoms with Crippen molar-refractivity contribution in [2.75, 3.05) is 13.2 Å². The van der Waals surface area contributed by atoms with Gasteiger partial charge in [0.2, 0.25) is 0 Å². The summed E-state index contributed by atoms with van der Waals surface area (Å²) in [6.07, 6.45) is -5.34. The van der Waals surface area contributed by atoms with E-state index in [2.05, 4.69) is 0 Å². The first-order valence-electron chi connectivity index (χ1n) is 3.83. The van der Waals surface area contributed by atoms with Crippen LogP contribution >= 0.6 is 0 Å². The van der Waals surface area contributed by atoms with Gasteiger partial charge in [-0.1, -0.05) is 0 Å². The van der Waals surface area contributed by atoms with Gasteiger partial charge in [0, 0.05) is 6.42 Å². The second kappa shape index (κ2) is 6.01. The Morgan fingerprint density at radius 2 is 1.69 bits per heavy atom. The molecule has 3 atom stereocenters. The van der Waals surface area contributed by atoms with Crippen molar-refractivity contribution in [1.29, 1.82) is 0 Å². The molecule has 0 aliphatic carbocycles. The van der Waals surface area contributed by atoms with E-state index in [0.29, 0.717) is 0 Å². The highest BCUT2D eigenvalue weighted by molar-refractivity contribution is 5.83. The van der Waals surface area contributed by atoms with Gasteiger partial charge in [-0.05, 0) is 0 Å². The van der Waals surface area contributed by atoms with Crippen molar-refractivity contribution in [3.05, 3.63) is 0 Å². The van der Waals surface area contributed by atoms with Crippen LogP contribution in [0.2, 0.25) is 0 Å². The smallest absolute Gasteiger partial charge is 0.166 e. The normalized spacial score (nSPS) is 17.9. The molecular weight excluding hydrogens is 180 g/mol. The topological polar surface area (TPSA) is 118 Å². The number of hydrogen-bond acceptors (Lipinski definition) is 6. The van der Waals surface area contributed by atoms with Gasteiger partial charge < -0.3 is 25.5 Å². The molecule has 0 aliphatic heterocycles. The fourth-order valence-electron chi connectivity index (χ4n) is 0.767. The van der Waals surface area contributed by atoms with Gasteiger partial charge in [0.1, 0.15) is 18.3 Å². The van der Waals surface area contributed by atoms with Crippen LogP contribution in [0.1, 0.15) is 6.42 Å². The van der Waals surface area contributed by atoms with E-state index in [1.165, 1.54) is 0 Å². The average molecular weight is 194 g/mol. The highest BCUT2D eigenvalue weighted by Crippen LogP contribution is 2.02. The molecule has 0 radical (unpaired) electrons. The van der Waals surface area contributed by atoms with Gasteiger partial charge in [0.25, 0.3) is 0 Å². The zero-order valence-corrected chi connectivity index (χ0v) is 7.00. The van der Waals surface area contributed by atoms with E-state index in [1.54, 1.807) is 0 Å². The summed E-state index contributed by atoms with van der Waals surface area (Å²) in [4.78, 5) is 10.8. The fourth-order valence-corrected chi connectivity index (χ4v) is 0.767. The van der Waals surface area contributed by atoms with Gasteiger partial charge >= 0.3 is 0 Å². The van der Waals surface area contributed by atoms with E-state index in [1.807, 2.05) is 0 Å². The number of aliphatic hydroxyl groups excluding tert-OH is 5. The predicted octanol–water partition coefficient (Wildman–Crippen LogP) is -2.99. The molecular formula is C7H14O6. The molecule has 5 N–H and O–H groups in total. The Morgan fingerprint density at radius 1 is 1.15 bits per heavy atom. The third-order valence-electron chi connectivity index (χ3n) is 1.59. The van der Waals surface area contributed by atoms with Crippen LogP contribution in [0.4, 0.5) is 0 Å². The Kier molecular flexibility index (Phi) is 5.76. The lowest BCUT2D eigenvalue weighted by Crippen LogP contribution is -2.44. The van der Waals surface area contributed by atoms with Gasteiger partial charge in [0.05, 0.1) is 13.2 Å². The van der Waals surface area contributed by atoms with Crippen molar-refractivity contribution in [2.24, 2.45) is 0 Å². The van der Waals surface area contributed by atoms with Crippen molar-refractivity contribution < 1.29 is 30.3 Å². The van der Waals surface area contributed by atoms with Gasteiger partial charge in [-0.25, -0.2) is 0 Å². The molecule has 0 bridgehead atoms. The number of carbonyl (C=O) groups excluding carboxylic acids is 1. The predicted molar refractivity (Wildman–Crippen MR) is 41.8 cm³/mol. The third-order valence-corrected chi connectivity index (χ3v) is 1.59. The molecule has 6 nitrogen and oxygen atoms in total. The van der Waals surface area contributed by atoms with Crippen LogP contribution in [0.3, 0.4) is 0 Å². The molecule has 0 aromatic carbocycles. The van der Waals surface area contributed by atoms with Crippen molar-refractivity contribution in [3.8, 4) is 0 Å². The molecule has 0 saturated carbocycles. The maximum Gasteiger partial charge on any atom is 0.166 e. The molecule has 0 aliphatic rings. The molecule has 0 saturated heterocycles. The lowest BCUT2D eigenvalue weighted by Gasteiger charge is -2.19. The van der Waals surface area contributed by atoms with Crippen LogP contribution in [0, 0.1) is 0 Å². The quantitative estimate of drug-likeness (QED) is 0.308. The van der Waals surface area contributed by atoms with Gasteiger partial charge in [-0.15, -0.1) is 0 Å². The molecule has 0 aromatic heterocycles. The van der Waals surface area contributed by atoms with Crippen LogP contribution in [0.15, 0.2) is 0 Å². The summed E-state index contributed by atoms with van der Waals surface area (Å²) in [7, 11) is 0. The molecule has 6 heteroatoms. The monoisotopic (exact) mass is 194 g/mol. The second-order valence-corrected chi connectivity index (χ2v) is 2.63. The largest absolute Gasteiger partial charge is 0.396 e. The lowest BCUT2D eigenvalue weighted by atomic mass is 10.0. The summed E-state index contributed by atoms with van der Waals surface area (Å²) < 4.78 is 0. The number of carbonyl (C=O) groups is 1. The molecule has 0 unspecified atom stereocenters. The number of ketones is 1. The zero-order valence-electron chi connectivity index (χ0n) is 7.00. The number of rotatable bonds is 6. The van der Waals surface area contributed by atoms with Crippen molar-refractivity contribution in [3.63, 3.8) is 0 Å². The molecule has 0 aromatic rings. The maximum atomic E-state index is 10.8. The first-order valence-corrected chi connectivity index (χ1v) is 3.83. The third kappa shape index (κ3) is 3.79. The molecule has 0 fully saturated rings. The van der Waals surface area contributed by atoms with Crippen molar-refractivity contribution in [2.45, 2.75) is 24.7 Å². The van der Waals surface area contributed by atoms with E-state index in [4.69, 9.17) is 25.5 Å². The van der Waals surface area contributed by atoms with Crippen LogP contribution in [0.5, 0.6) is 0 Å². The first kappa shape index (κ1) is 12.5. The molecule has 13 heavy (non-hydrogen) atoms. The Bertz CT molecular complexity index is 159. The minimum absolute atomic E-state index is 0.295. The Labute approximate surface area is 75.1 Å². The van der Waals surface area contributed by atoms with E-state index >= 15 is 0 Å². The molecule has 0 rings (SSSR count). The average Bonchev–Trinajstić information content (AvgIpc) is 2.14. The summed E-state index contributed by atoms with van der Waals surface area (Å²) in [6, 6.07) is 0. The van der Waals surface area contributed by atoms with E-state index in [0.717, 1.165) is 0 Å². The minimum atomic E-state index is -1.77. The highest BCUT2D eigenvalue weighted by atomic mass is 16.4. The van der Waals surface area contributed by atoms with E-state index in [-0.39, 0.29) is 6.42 Å². The Hall–Kier alpha value is -0.530. The summed E-state index contributed by atoms with van der Waals surface area (Å²) in [5, 5.41) is 43.6. The minimum Gasteiger partial charge on any atom is -0.396 e. The molecule has 0 spiro atoms. The molecule has 0 heterocycles. The van der Waals surface area contributed by atoms with Gasteiger partial charge in [0.15, 0.2) is 5.78 Å². The number of Topliss-reactive ketones (excluding diaryl/α,β-unsaturated/α-hetero) is 1. The Balaban J connectivity index is 4.07. The Morgan fingerprint density at radius 3 is 2.08 bits per heavy atom. The lowest BCUT2D eigenvalue weighted by molar-refractivity contribution is -0.140. The van der Waals surface area contributed by atoms with Gasteiger partial charge in [-0.2, -0.15) is 0 Å². The summed E-state index contributed by atoms with van der Waals surface area (Å²) in [5.74, 6) is -0.775. The van der Waals surface area contributed by atoms with E-state index in [9.17, 15) is 4.79 Å². The summed E-state index contributed by atoms with van der Waals surface area (Å²) >= 11 is 0. The maximum absolute atomic E-state index is 10.8. The highest BCUT2D eigenvalue weighted by Gasteiger charge is 2.28. The van der Waals surface area contributed by atoms with Crippen LogP contribution in [0.25, 0.3) is 0 Å². The first-order chi connectivity index (χ1) is 6.04. The molecule has 0 amide bonds. The summed E-state index contributed by atoms with van der Waals surface area (Å²) in [6.45, 7) is -1.18. The van der Waals surface area contributed by atoms with Gasteiger partial charge in [-0.3, -0.25) is 4.79 Å². The van der Waals surface area contributed by atoms with Crippen LogP contribution in [-0.2, 0) is 4.79 Å².